The molecule has 1 N–H and O–H groups in total. The molecule has 2 heterocycles. The number of nitrogens with one attached hydrogen (secondary N) is 1. The molecule has 1 amide bonds. The minimum Gasteiger partial charge on any atom is -0.497 e. The highest BCUT2D eigenvalue weighted by Crippen LogP contribution is 2.32. The molecule has 32 heavy (non-hydrogen) atoms. The fraction of sp³-hybridized carbons (Fsp3) is 0.346. The van der Waals surface area contributed by atoms with Gasteiger partial charge in [0.05, 0.1) is 24.4 Å². The van der Waals surface area contributed by atoms with E-state index in [1.165, 1.54) is 5.56 Å². The summed E-state index contributed by atoms with van der Waals surface area (Å²) in [5, 5.41) is 3.03. The van der Waals surface area contributed by atoms with Crippen LogP contribution in [0.25, 0.3) is 0 Å². The summed E-state index contributed by atoms with van der Waals surface area (Å²) >= 11 is 0. The Labute approximate surface area is 189 Å². The van der Waals surface area contributed by atoms with Gasteiger partial charge in [0.1, 0.15) is 11.6 Å². The van der Waals surface area contributed by atoms with Gasteiger partial charge in [0, 0.05) is 19.3 Å². The van der Waals surface area contributed by atoms with E-state index in [-0.39, 0.29) is 11.9 Å². The lowest BCUT2D eigenvalue weighted by molar-refractivity contribution is 0.0946. The highest BCUT2D eigenvalue weighted by atomic mass is 16.5. The number of aromatic nitrogens is 2. The number of hydrogen-bond acceptors (Lipinski definition) is 5. The third-order valence-electron chi connectivity index (χ3n) is 6.01. The third kappa shape index (κ3) is 5.32. The highest BCUT2D eigenvalue weighted by molar-refractivity contribution is 5.95. The Morgan fingerprint density at radius 3 is 2.66 bits per heavy atom. The van der Waals surface area contributed by atoms with Crippen LogP contribution in [0.3, 0.4) is 0 Å². The van der Waals surface area contributed by atoms with Crippen LogP contribution in [-0.4, -0.2) is 41.0 Å². The smallest absolute Gasteiger partial charge is 0.255 e. The van der Waals surface area contributed by atoms with E-state index in [0.29, 0.717) is 17.9 Å². The first-order chi connectivity index (χ1) is 15.6. The second-order valence-electron chi connectivity index (χ2n) is 8.18. The Balaban J connectivity index is 1.47. The van der Waals surface area contributed by atoms with Crippen molar-refractivity contribution in [3.8, 4) is 5.75 Å². The normalized spacial score (nSPS) is 16.1. The number of amides is 1. The molecule has 3 aromatic rings. The zero-order valence-corrected chi connectivity index (χ0v) is 18.8. The summed E-state index contributed by atoms with van der Waals surface area (Å²) in [6.07, 6.45) is 4.77. The first-order valence-corrected chi connectivity index (χ1v) is 11.2. The quantitative estimate of drug-likeness (QED) is 0.583. The van der Waals surface area contributed by atoms with Crippen molar-refractivity contribution in [3.05, 3.63) is 89.0 Å². The van der Waals surface area contributed by atoms with Crippen LogP contribution in [0, 0.1) is 6.92 Å². The number of ether oxygens (including phenoxy) is 1. The zero-order chi connectivity index (χ0) is 22.3. The summed E-state index contributed by atoms with van der Waals surface area (Å²) < 4.78 is 5.20. The molecule has 1 saturated heterocycles. The van der Waals surface area contributed by atoms with Gasteiger partial charge in [-0.3, -0.25) is 9.69 Å². The molecule has 166 valence electrons. The Morgan fingerprint density at radius 1 is 1.12 bits per heavy atom. The average Bonchev–Trinajstić information content (AvgIpc) is 3.30. The molecule has 0 spiro atoms. The molecule has 1 aromatic heterocycles. The van der Waals surface area contributed by atoms with Crippen LogP contribution < -0.4 is 10.1 Å². The van der Waals surface area contributed by atoms with E-state index in [1.807, 2.05) is 37.3 Å². The van der Waals surface area contributed by atoms with E-state index in [0.717, 1.165) is 49.4 Å². The van der Waals surface area contributed by atoms with Crippen LogP contribution in [0.4, 0.5) is 0 Å². The van der Waals surface area contributed by atoms with Gasteiger partial charge in [0.25, 0.3) is 5.91 Å². The molecule has 2 aromatic carbocycles. The van der Waals surface area contributed by atoms with Crippen LogP contribution in [0.5, 0.6) is 5.75 Å². The number of likely N-dealkylation sites (tertiary alicyclic amines) is 1. The van der Waals surface area contributed by atoms with Gasteiger partial charge in [-0.2, -0.15) is 0 Å². The highest BCUT2D eigenvalue weighted by Gasteiger charge is 2.30. The molecule has 4 rings (SSSR count). The molecule has 1 fully saturated rings. The monoisotopic (exact) mass is 430 g/mol. The van der Waals surface area contributed by atoms with E-state index in [1.54, 1.807) is 13.3 Å². The van der Waals surface area contributed by atoms with Crippen molar-refractivity contribution in [2.75, 3.05) is 20.2 Å². The zero-order valence-electron chi connectivity index (χ0n) is 18.8. The largest absolute Gasteiger partial charge is 0.497 e. The van der Waals surface area contributed by atoms with Crippen molar-refractivity contribution >= 4 is 5.91 Å². The van der Waals surface area contributed by atoms with Crippen molar-refractivity contribution in [1.29, 1.82) is 0 Å². The lowest BCUT2D eigenvalue weighted by Gasteiger charge is -2.25. The maximum Gasteiger partial charge on any atom is 0.255 e. The first-order valence-electron chi connectivity index (χ1n) is 11.2. The maximum absolute atomic E-state index is 13.1. The SMILES string of the molecule is COc1ccc(CNC(=O)c2cnc(C)nc2[C@H]2CCCN2CCc2ccccc2)cc1. The van der Waals surface area contributed by atoms with Gasteiger partial charge in [-0.15, -0.1) is 0 Å². The van der Waals surface area contributed by atoms with Gasteiger partial charge >= 0.3 is 0 Å². The van der Waals surface area contributed by atoms with Gasteiger partial charge in [-0.1, -0.05) is 42.5 Å². The van der Waals surface area contributed by atoms with Gasteiger partial charge in [-0.05, 0) is 56.0 Å². The van der Waals surface area contributed by atoms with Gasteiger partial charge < -0.3 is 10.1 Å². The minimum absolute atomic E-state index is 0.134. The number of carbonyl (C=O) groups is 1. The summed E-state index contributed by atoms with van der Waals surface area (Å²) in [7, 11) is 1.64. The molecule has 1 atom stereocenters. The second kappa shape index (κ2) is 10.4. The summed E-state index contributed by atoms with van der Waals surface area (Å²) in [6, 6.07) is 18.4. The number of nitrogens with zero attached hydrogens (tertiary/aromatic N) is 3. The third-order valence-corrected chi connectivity index (χ3v) is 6.01. The lowest BCUT2D eigenvalue weighted by Crippen LogP contribution is -2.30. The van der Waals surface area contributed by atoms with Crippen LogP contribution in [0.15, 0.2) is 60.8 Å². The molecule has 6 nitrogen and oxygen atoms in total. The predicted molar refractivity (Wildman–Crippen MR) is 125 cm³/mol. The summed E-state index contributed by atoms with van der Waals surface area (Å²) in [5.41, 5.74) is 3.75. The van der Waals surface area contributed by atoms with E-state index < -0.39 is 0 Å². The van der Waals surface area contributed by atoms with E-state index in [9.17, 15) is 4.79 Å². The summed E-state index contributed by atoms with van der Waals surface area (Å²) in [5.74, 6) is 1.36. The summed E-state index contributed by atoms with van der Waals surface area (Å²) in [4.78, 5) is 24.6. The van der Waals surface area contributed by atoms with Gasteiger partial charge in [-0.25, -0.2) is 9.97 Å². The molecule has 0 bridgehead atoms. The Morgan fingerprint density at radius 2 is 1.91 bits per heavy atom. The van der Waals surface area contributed by atoms with Crippen molar-refractivity contribution in [1.82, 2.24) is 20.2 Å². The molecule has 6 heteroatoms. The van der Waals surface area contributed by atoms with Gasteiger partial charge in [0.2, 0.25) is 0 Å². The van der Waals surface area contributed by atoms with Crippen molar-refractivity contribution in [3.63, 3.8) is 0 Å². The molecule has 0 saturated carbocycles. The second-order valence-corrected chi connectivity index (χ2v) is 8.18. The van der Waals surface area contributed by atoms with Crippen LogP contribution in [0.1, 0.15) is 51.9 Å². The Kier molecular flexibility index (Phi) is 7.12. The fourth-order valence-corrected chi connectivity index (χ4v) is 4.26. The fourth-order valence-electron chi connectivity index (χ4n) is 4.26. The van der Waals surface area contributed by atoms with E-state index in [4.69, 9.17) is 9.72 Å². The Hall–Kier alpha value is -3.25. The van der Waals surface area contributed by atoms with Crippen LogP contribution in [-0.2, 0) is 13.0 Å². The van der Waals surface area contributed by atoms with E-state index in [2.05, 4.69) is 39.5 Å². The molecule has 1 aliphatic heterocycles. The number of hydrogen-bond donors (Lipinski definition) is 1. The Bertz CT molecular complexity index is 1040. The van der Waals surface area contributed by atoms with Crippen LogP contribution >= 0.6 is 0 Å². The van der Waals surface area contributed by atoms with Crippen molar-refractivity contribution in [2.24, 2.45) is 0 Å². The van der Waals surface area contributed by atoms with Gasteiger partial charge in [0.15, 0.2) is 0 Å². The number of methoxy groups -OCH3 is 1. The molecule has 0 radical (unpaired) electrons. The van der Waals surface area contributed by atoms with E-state index >= 15 is 0 Å². The molecular formula is C26H30N4O2. The number of carbonyl (C=O) groups excluding carboxylic acids is 1. The average molecular weight is 431 g/mol. The molecular weight excluding hydrogens is 400 g/mol. The number of rotatable bonds is 8. The predicted octanol–water partition coefficient (Wildman–Crippen LogP) is 4.10. The van der Waals surface area contributed by atoms with Crippen LogP contribution in [0.2, 0.25) is 0 Å². The first kappa shape index (κ1) is 22.0. The lowest BCUT2D eigenvalue weighted by atomic mass is 10.0. The van der Waals surface area contributed by atoms with Crippen molar-refractivity contribution < 1.29 is 9.53 Å². The standard InChI is InChI=1S/C26H30N4O2/c1-19-27-18-23(26(31)28-17-21-10-12-22(32-2)13-11-21)25(29-19)24-9-6-15-30(24)16-14-20-7-4-3-5-8-20/h3-5,7-8,10-13,18,24H,6,9,14-17H2,1-2H3,(H,28,31)/t24-/m1/s1. The molecule has 0 unspecified atom stereocenters. The number of aryl methyl sites for hydroxylation is 1. The van der Waals surface area contributed by atoms with Crippen molar-refractivity contribution in [2.45, 2.75) is 38.8 Å². The number of benzene rings is 2. The summed E-state index contributed by atoms with van der Waals surface area (Å²) in [6.45, 7) is 4.29. The topological polar surface area (TPSA) is 67.3 Å². The molecule has 0 aliphatic carbocycles. The maximum atomic E-state index is 13.1. The minimum atomic E-state index is -0.134. The molecule has 1 aliphatic rings.